The van der Waals surface area contributed by atoms with E-state index in [2.05, 4.69) is 22.3 Å². The number of imidazole rings is 1. The first-order chi connectivity index (χ1) is 13.9. The van der Waals surface area contributed by atoms with Crippen molar-refractivity contribution in [3.05, 3.63) is 85.1 Å². The highest BCUT2D eigenvalue weighted by Crippen LogP contribution is 2.37. The summed E-state index contributed by atoms with van der Waals surface area (Å²) in [5.41, 5.74) is 5.11. The van der Waals surface area contributed by atoms with Crippen LogP contribution in [0.5, 0.6) is 0 Å². The van der Waals surface area contributed by atoms with Gasteiger partial charge in [0.25, 0.3) is 0 Å². The van der Waals surface area contributed by atoms with Gasteiger partial charge in [0.15, 0.2) is 11.5 Å². The van der Waals surface area contributed by atoms with E-state index < -0.39 is 0 Å². The average molecular weight is 362 g/mol. The predicted octanol–water partition coefficient (Wildman–Crippen LogP) is 5.38. The van der Waals surface area contributed by atoms with Crippen molar-refractivity contribution in [3.8, 4) is 17.1 Å². The summed E-state index contributed by atoms with van der Waals surface area (Å²) in [7, 11) is 0. The minimum atomic E-state index is 0.719. The van der Waals surface area contributed by atoms with Crippen LogP contribution in [0, 0.1) is 0 Å². The first-order valence-corrected chi connectivity index (χ1v) is 9.06. The van der Waals surface area contributed by atoms with Gasteiger partial charge in [0.2, 0.25) is 0 Å². The first kappa shape index (κ1) is 15.1. The Bertz CT molecular complexity index is 1460. The van der Waals surface area contributed by atoms with Crippen LogP contribution in [0.3, 0.4) is 0 Å². The van der Waals surface area contributed by atoms with Gasteiger partial charge in [-0.1, -0.05) is 48.5 Å². The Morgan fingerprint density at radius 1 is 0.750 bits per heavy atom. The van der Waals surface area contributed by atoms with Crippen molar-refractivity contribution < 1.29 is 4.42 Å². The van der Waals surface area contributed by atoms with Gasteiger partial charge in [-0.05, 0) is 30.3 Å². The molecule has 132 valence electrons. The van der Waals surface area contributed by atoms with Crippen molar-refractivity contribution in [2.75, 3.05) is 0 Å². The van der Waals surface area contributed by atoms with Crippen LogP contribution in [0.2, 0.25) is 0 Å². The molecule has 0 amide bonds. The van der Waals surface area contributed by atoms with Crippen molar-refractivity contribution in [2.24, 2.45) is 0 Å². The zero-order valence-electron chi connectivity index (χ0n) is 14.8. The fourth-order valence-corrected chi connectivity index (χ4v) is 3.75. The predicted molar refractivity (Wildman–Crippen MR) is 109 cm³/mol. The van der Waals surface area contributed by atoms with Gasteiger partial charge >= 0.3 is 0 Å². The third-order valence-corrected chi connectivity index (χ3v) is 4.99. The molecule has 0 radical (unpaired) electrons. The van der Waals surface area contributed by atoms with E-state index in [1.54, 1.807) is 6.20 Å². The SMILES string of the molecule is c1ccc(-n2c(-c3cccc4c3oc3ccccc34)nc3ccnnc32)cc1. The number of para-hydroxylation sites is 3. The zero-order chi connectivity index (χ0) is 18.5. The van der Waals surface area contributed by atoms with E-state index in [0.29, 0.717) is 0 Å². The highest BCUT2D eigenvalue weighted by atomic mass is 16.3. The maximum atomic E-state index is 6.24. The van der Waals surface area contributed by atoms with Crippen molar-refractivity contribution in [1.82, 2.24) is 19.7 Å². The maximum absolute atomic E-state index is 6.24. The molecule has 5 nitrogen and oxygen atoms in total. The van der Waals surface area contributed by atoms with Crippen LogP contribution in [0.1, 0.15) is 0 Å². The van der Waals surface area contributed by atoms with Gasteiger partial charge < -0.3 is 4.42 Å². The van der Waals surface area contributed by atoms with E-state index in [0.717, 1.165) is 50.2 Å². The number of fused-ring (bicyclic) bond motifs is 4. The monoisotopic (exact) mass is 362 g/mol. The minimum Gasteiger partial charge on any atom is -0.455 e. The van der Waals surface area contributed by atoms with Crippen LogP contribution in [-0.4, -0.2) is 19.7 Å². The Morgan fingerprint density at radius 2 is 1.57 bits per heavy atom. The van der Waals surface area contributed by atoms with Gasteiger partial charge in [0, 0.05) is 16.5 Å². The molecular formula is C23H14N4O. The van der Waals surface area contributed by atoms with Gasteiger partial charge in [-0.2, -0.15) is 5.10 Å². The number of hydrogen-bond acceptors (Lipinski definition) is 4. The molecule has 0 saturated carbocycles. The lowest BCUT2D eigenvalue weighted by molar-refractivity contribution is 0.669. The molecule has 6 rings (SSSR count). The largest absolute Gasteiger partial charge is 0.455 e. The number of benzene rings is 3. The van der Waals surface area contributed by atoms with Crippen LogP contribution in [0.15, 0.2) is 89.5 Å². The normalized spacial score (nSPS) is 11.6. The summed E-state index contributed by atoms with van der Waals surface area (Å²) in [6.07, 6.45) is 1.66. The van der Waals surface area contributed by atoms with Gasteiger partial charge in [0.1, 0.15) is 16.7 Å². The molecule has 0 aliphatic carbocycles. The van der Waals surface area contributed by atoms with Crippen LogP contribution in [0.4, 0.5) is 0 Å². The van der Waals surface area contributed by atoms with E-state index in [1.165, 1.54) is 0 Å². The fourth-order valence-electron chi connectivity index (χ4n) is 3.75. The molecule has 0 unspecified atom stereocenters. The van der Waals surface area contributed by atoms with E-state index in [1.807, 2.05) is 71.3 Å². The topological polar surface area (TPSA) is 56.7 Å². The van der Waals surface area contributed by atoms with Crippen molar-refractivity contribution in [1.29, 1.82) is 0 Å². The molecule has 0 spiro atoms. The Hall–Kier alpha value is -3.99. The Kier molecular flexibility index (Phi) is 3.10. The summed E-state index contributed by atoms with van der Waals surface area (Å²) >= 11 is 0. The minimum absolute atomic E-state index is 0.719. The molecule has 0 bridgehead atoms. The second kappa shape index (κ2) is 5.76. The lowest BCUT2D eigenvalue weighted by atomic mass is 10.1. The summed E-state index contributed by atoms with van der Waals surface area (Å²) in [6, 6.07) is 26.2. The molecular weight excluding hydrogens is 348 g/mol. The number of hydrogen-bond donors (Lipinski definition) is 0. The summed E-state index contributed by atoms with van der Waals surface area (Å²) < 4.78 is 8.27. The lowest BCUT2D eigenvalue weighted by Crippen LogP contribution is -1.99. The zero-order valence-corrected chi connectivity index (χ0v) is 14.8. The molecule has 0 saturated heterocycles. The third-order valence-electron chi connectivity index (χ3n) is 4.99. The van der Waals surface area contributed by atoms with Crippen LogP contribution < -0.4 is 0 Å². The summed E-state index contributed by atoms with van der Waals surface area (Å²) in [5, 5.41) is 10.6. The summed E-state index contributed by atoms with van der Waals surface area (Å²) in [6.45, 7) is 0. The maximum Gasteiger partial charge on any atom is 0.187 e. The summed E-state index contributed by atoms with van der Waals surface area (Å²) in [5.74, 6) is 0.784. The van der Waals surface area contributed by atoms with Crippen LogP contribution in [-0.2, 0) is 0 Å². The molecule has 5 heteroatoms. The Morgan fingerprint density at radius 3 is 2.50 bits per heavy atom. The van der Waals surface area contributed by atoms with Gasteiger partial charge in [-0.25, -0.2) is 4.98 Å². The highest BCUT2D eigenvalue weighted by Gasteiger charge is 2.20. The molecule has 0 fully saturated rings. The Balaban J connectivity index is 1.74. The molecule has 0 N–H and O–H groups in total. The Labute approximate surface area is 159 Å². The standard InChI is InChI=1S/C23H14N4O/c1-2-7-15(8-3-1)27-22(25-19-13-14-24-26-23(19)27)18-11-6-10-17-16-9-4-5-12-20(16)28-21(17)18/h1-14H. The van der Waals surface area contributed by atoms with Crippen LogP contribution >= 0.6 is 0 Å². The summed E-state index contributed by atoms with van der Waals surface area (Å²) in [4.78, 5) is 4.88. The van der Waals surface area contributed by atoms with E-state index >= 15 is 0 Å². The second-order valence-electron chi connectivity index (χ2n) is 6.63. The number of aromatic nitrogens is 4. The number of nitrogens with zero attached hydrogens (tertiary/aromatic N) is 4. The van der Waals surface area contributed by atoms with E-state index in [4.69, 9.17) is 9.40 Å². The molecule has 28 heavy (non-hydrogen) atoms. The molecule has 0 aliphatic rings. The third kappa shape index (κ3) is 2.10. The molecule has 3 aromatic heterocycles. The average Bonchev–Trinajstić information content (AvgIpc) is 3.33. The molecule has 3 heterocycles. The van der Waals surface area contributed by atoms with E-state index in [9.17, 15) is 0 Å². The molecule has 6 aromatic rings. The van der Waals surface area contributed by atoms with Crippen molar-refractivity contribution in [3.63, 3.8) is 0 Å². The van der Waals surface area contributed by atoms with E-state index in [-0.39, 0.29) is 0 Å². The molecule has 0 aliphatic heterocycles. The van der Waals surface area contributed by atoms with Gasteiger partial charge in [0.05, 0.1) is 11.8 Å². The molecule has 3 aromatic carbocycles. The van der Waals surface area contributed by atoms with Crippen molar-refractivity contribution >= 4 is 33.1 Å². The van der Waals surface area contributed by atoms with Gasteiger partial charge in [-0.3, -0.25) is 4.57 Å². The lowest BCUT2D eigenvalue weighted by Gasteiger charge is -2.08. The van der Waals surface area contributed by atoms with Crippen molar-refractivity contribution in [2.45, 2.75) is 0 Å². The smallest absolute Gasteiger partial charge is 0.187 e. The highest BCUT2D eigenvalue weighted by molar-refractivity contribution is 6.09. The number of rotatable bonds is 2. The second-order valence-corrected chi connectivity index (χ2v) is 6.63. The quantitative estimate of drug-likeness (QED) is 0.415. The number of furan rings is 1. The van der Waals surface area contributed by atoms with Crippen LogP contribution in [0.25, 0.3) is 50.2 Å². The fraction of sp³-hybridized carbons (Fsp3) is 0. The van der Waals surface area contributed by atoms with Gasteiger partial charge in [-0.15, -0.1) is 5.10 Å². The first-order valence-electron chi connectivity index (χ1n) is 9.06. The molecule has 0 atom stereocenters.